The van der Waals surface area contributed by atoms with E-state index in [1.807, 2.05) is 0 Å². The molecule has 23 nitrogen and oxygen atoms in total. The first-order valence-corrected chi connectivity index (χ1v) is 25.9. The number of phenols is 1. The van der Waals surface area contributed by atoms with Crippen LogP contribution in [-0.2, 0) is 54.4 Å². The molecule has 0 aliphatic carbocycles. The molecule has 0 saturated carbocycles. The fourth-order valence-corrected chi connectivity index (χ4v) is 9.05. The van der Waals surface area contributed by atoms with Crippen molar-refractivity contribution in [2.45, 2.75) is 172 Å². The van der Waals surface area contributed by atoms with E-state index in [1.54, 1.807) is 30.3 Å². The molecule has 9 atom stereocenters. The summed E-state index contributed by atoms with van der Waals surface area (Å²) in [6.45, 7) is 6.24. The van der Waals surface area contributed by atoms with Gasteiger partial charge in [0.1, 0.15) is 47.7 Å². The summed E-state index contributed by atoms with van der Waals surface area (Å²) in [5, 5.41) is 64.7. The normalized spacial score (nSPS) is 18.2. The van der Waals surface area contributed by atoms with Crippen LogP contribution >= 0.6 is 0 Å². The minimum atomic E-state index is -1.66. The Morgan fingerprint density at radius 1 is 0.697 bits per heavy atom. The van der Waals surface area contributed by atoms with Crippen molar-refractivity contribution in [3.63, 3.8) is 0 Å². The summed E-state index contributed by atoms with van der Waals surface area (Å²) in [4.78, 5) is 137. The monoisotopic (exact) mass is 1060 g/mol. The molecule has 2 fully saturated rings. The lowest BCUT2D eigenvalue weighted by Gasteiger charge is -2.31. The number of hydrogen-bond donors (Lipinski definition) is 11. The summed E-state index contributed by atoms with van der Waals surface area (Å²) in [6, 6.07) is 3.80. The van der Waals surface area contributed by atoms with Crippen LogP contribution in [0.3, 0.4) is 0 Å². The van der Waals surface area contributed by atoms with Gasteiger partial charge in [0.25, 0.3) is 5.91 Å². The van der Waals surface area contributed by atoms with Crippen LogP contribution < -0.4 is 31.9 Å². The number of benzene rings is 2. The van der Waals surface area contributed by atoms with Gasteiger partial charge in [0, 0.05) is 25.9 Å². The van der Waals surface area contributed by atoms with E-state index in [0.717, 1.165) is 32.1 Å². The Kier molecular flexibility index (Phi) is 24.3. The van der Waals surface area contributed by atoms with Crippen molar-refractivity contribution in [1.29, 1.82) is 0 Å². The first kappa shape index (κ1) is 61.1. The van der Waals surface area contributed by atoms with E-state index in [2.05, 4.69) is 38.8 Å². The lowest BCUT2D eigenvalue weighted by Crippen LogP contribution is -2.58. The molecule has 0 spiro atoms. The maximum atomic E-state index is 14.5. The summed E-state index contributed by atoms with van der Waals surface area (Å²) in [6.07, 6.45) is 3.91. The second-order valence-electron chi connectivity index (χ2n) is 19.2. The minimum Gasteiger partial charge on any atom is -0.508 e. The molecule has 0 unspecified atom stereocenters. The van der Waals surface area contributed by atoms with E-state index in [4.69, 9.17) is 0 Å². The molecule has 416 valence electrons. The van der Waals surface area contributed by atoms with E-state index >= 15 is 0 Å². The van der Waals surface area contributed by atoms with Crippen LogP contribution in [0.1, 0.15) is 128 Å². The van der Waals surface area contributed by atoms with Crippen molar-refractivity contribution < 1.29 is 73.5 Å². The highest BCUT2D eigenvalue weighted by molar-refractivity contribution is 6.01. The number of carboxylic acid groups (broad SMARTS) is 2. The van der Waals surface area contributed by atoms with Crippen molar-refractivity contribution in [3.05, 3.63) is 77.5 Å². The number of carbonyl (C=O) groups excluding carboxylic acids is 8. The Labute approximate surface area is 441 Å². The number of rotatable bonds is 29. The van der Waals surface area contributed by atoms with Crippen molar-refractivity contribution in [1.82, 2.24) is 41.7 Å². The molecule has 76 heavy (non-hydrogen) atoms. The number of aromatic hydroxyl groups is 1. The lowest BCUT2D eigenvalue weighted by molar-refractivity contribution is -0.147. The highest BCUT2D eigenvalue weighted by Crippen LogP contribution is 2.24. The van der Waals surface area contributed by atoms with Crippen LogP contribution in [0.4, 0.5) is 0 Å². The topological polar surface area (TPSA) is 351 Å². The summed E-state index contributed by atoms with van der Waals surface area (Å²) in [5.41, 5.74) is 0.601. The van der Waals surface area contributed by atoms with Gasteiger partial charge < -0.3 is 67.2 Å². The molecule has 11 N–H and O–H groups in total. The molecular formula is C53H74N8O15. The number of aliphatic hydroxyl groups is 2. The Morgan fingerprint density at radius 2 is 1.32 bits per heavy atom. The van der Waals surface area contributed by atoms with E-state index < -0.39 is 127 Å². The average molecular weight is 1060 g/mol. The zero-order chi connectivity index (χ0) is 56.1. The number of nitrogens with one attached hydrogen (secondary N) is 6. The van der Waals surface area contributed by atoms with Crippen LogP contribution in [0.2, 0.25) is 0 Å². The number of aliphatic hydroxyl groups excluding tert-OH is 2. The molecule has 8 amide bonds. The zero-order valence-corrected chi connectivity index (χ0v) is 43.5. The van der Waals surface area contributed by atoms with Gasteiger partial charge in [0.05, 0.1) is 18.6 Å². The number of carboxylic acids is 2. The Hall–Kier alpha value is -7.40. The predicted molar refractivity (Wildman–Crippen MR) is 274 cm³/mol. The Balaban J connectivity index is 1.49. The Morgan fingerprint density at radius 3 is 1.92 bits per heavy atom. The summed E-state index contributed by atoms with van der Waals surface area (Å²) >= 11 is 0. The third-order valence-electron chi connectivity index (χ3n) is 13.3. The highest BCUT2D eigenvalue weighted by atomic mass is 16.4. The highest BCUT2D eigenvalue weighted by Gasteiger charge is 2.41. The second kappa shape index (κ2) is 30.2. The molecule has 2 aliphatic heterocycles. The maximum Gasteiger partial charge on any atom is 0.328 e. The number of hydrogen-bond acceptors (Lipinski definition) is 13. The van der Waals surface area contributed by atoms with Crippen molar-refractivity contribution in [2.75, 3.05) is 13.1 Å². The maximum absolute atomic E-state index is 14.5. The van der Waals surface area contributed by atoms with Crippen LogP contribution in [0, 0.1) is 0 Å². The molecule has 4 rings (SSSR count). The SMILES string of the molecule is C/C=C(\NC(=O)C[C@H](O)CCCCCCC)C(=O)N1CCC[C@@H]1C(=O)N[C@@H](CCC(=O)O)C(=O)N[C@@H](C)C(=O)N[C@@H](C(=O)N[C@@H](Cc1ccccc1)C(=O)N1CCC[C@H]1C(=O)N[C@H](C(=O)O)[C@@H](C)O)c1ccc(O)cc1. The summed E-state index contributed by atoms with van der Waals surface area (Å²) in [5.74, 6) is -9.46. The number of likely N-dealkylation sites (tertiary alicyclic amines) is 2. The lowest BCUT2D eigenvalue weighted by atomic mass is 10.0. The van der Waals surface area contributed by atoms with Gasteiger partial charge >= 0.3 is 11.9 Å². The van der Waals surface area contributed by atoms with Gasteiger partial charge in [-0.15, -0.1) is 0 Å². The van der Waals surface area contributed by atoms with Gasteiger partial charge in [0.2, 0.25) is 41.4 Å². The van der Waals surface area contributed by atoms with Crippen LogP contribution in [-0.4, -0.2) is 156 Å². The second-order valence-corrected chi connectivity index (χ2v) is 19.2. The zero-order valence-electron chi connectivity index (χ0n) is 43.5. The molecule has 0 bridgehead atoms. The molecule has 2 aliphatic rings. The van der Waals surface area contributed by atoms with E-state index in [-0.39, 0.29) is 55.8 Å². The molecular weight excluding hydrogens is 989 g/mol. The number of nitrogens with zero attached hydrogens (tertiary/aromatic N) is 2. The molecule has 0 aromatic heterocycles. The van der Waals surface area contributed by atoms with Gasteiger partial charge in [-0.1, -0.05) is 87.6 Å². The van der Waals surface area contributed by atoms with Crippen molar-refractivity contribution in [2.24, 2.45) is 0 Å². The van der Waals surface area contributed by atoms with Gasteiger partial charge in [0.15, 0.2) is 6.04 Å². The number of carbonyl (C=O) groups is 10. The van der Waals surface area contributed by atoms with Gasteiger partial charge in [-0.2, -0.15) is 0 Å². The fourth-order valence-electron chi connectivity index (χ4n) is 9.05. The first-order valence-electron chi connectivity index (χ1n) is 25.9. The third-order valence-corrected chi connectivity index (χ3v) is 13.3. The molecule has 2 saturated heterocycles. The third kappa shape index (κ3) is 18.5. The van der Waals surface area contributed by atoms with Gasteiger partial charge in [-0.05, 0) is 82.6 Å². The van der Waals surface area contributed by atoms with Gasteiger partial charge in [-0.3, -0.25) is 43.2 Å². The average Bonchev–Trinajstić information content (AvgIpc) is 4.09. The largest absolute Gasteiger partial charge is 0.508 e. The fraction of sp³-hybridized carbons (Fsp3) is 0.547. The molecule has 0 radical (unpaired) electrons. The van der Waals surface area contributed by atoms with E-state index in [1.165, 1.54) is 60.9 Å². The molecule has 2 aromatic rings. The predicted octanol–water partition coefficient (Wildman–Crippen LogP) is 1.20. The number of unbranched alkanes of at least 4 members (excludes halogenated alkanes) is 4. The van der Waals surface area contributed by atoms with Crippen molar-refractivity contribution in [3.8, 4) is 5.75 Å². The van der Waals surface area contributed by atoms with Crippen LogP contribution in [0.15, 0.2) is 66.4 Å². The minimum absolute atomic E-state index is 0.0629. The smallest absolute Gasteiger partial charge is 0.328 e. The van der Waals surface area contributed by atoms with Crippen molar-refractivity contribution >= 4 is 59.2 Å². The van der Waals surface area contributed by atoms with E-state index in [0.29, 0.717) is 24.8 Å². The number of allylic oxidation sites excluding steroid dienone is 1. The summed E-state index contributed by atoms with van der Waals surface area (Å²) in [7, 11) is 0. The molecule has 23 heteroatoms. The number of phenolic OH excluding ortho intramolecular Hbond substituents is 1. The van der Waals surface area contributed by atoms with Crippen LogP contribution in [0.25, 0.3) is 0 Å². The number of amides is 8. The molecule has 2 heterocycles. The van der Waals surface area contributed by atoms with Gasteiger partial charge in [-0.25, -0.2) is 4.79 Å². The van der Waals surface area contributed by atoms with E-state index in [9.17, 15) is 73.5 Å². The van der Waals surface area contributed by atoms with Crippen LogP contribution in [0.5, 0.6) is 5.75 Å². The molecule has 2 aromatic carbocycles. The first-order chi connectivity index (χ1) is 36.1. The quantitative estimate of drug-likeness (QED) is 0.0403. The standard InChI is InChI=1S/C53H74N8O15/c1-5-7-8-9-13-18-36(64)30-42(65)55-37(6-2)51(73)60-27-14-19-40(60)48(70)56-38(25-26-43(66)67)47(69)54-31(3)46(68)59-45(34-21-23-35(63)24-22-34)50(72)57-39(29-33-16-11-10-12-17-33)52(74)61-28-15-20-41(61)49(71)58-44(32(4)62)53(75)76/h6,10-12,16-17,21-24,31-32,36,38-41,44-45,62-64H,5,7-9,13-15,18-20,25-30H2,1-4H3,(H,54,69)(H,55,65)(H,56,70)(H,57,72)(H,58,71)(H,59,68)(H,66,67)(H,75,76)/b37-6-/t31-,32+,36+,38-,39-,40+,41-,44-,45+/m0/s1. The Bertz CT molecular complexity index is 2380. The number of aliphatic carboxylic acids is 2. The summed E-state index contributed by atoms with van der Waals surface area (Å²) < 4.78 is 0.